The first-order valence-corrected chi connectivity index (χ1v) is 10.9. The monoisotopic (exact) mass is 419 g/mol. The van der Waals surface area contributed by atoms with E-state index < -0.39 is 5.54 Å². The Labute approximate surface area is 182 Å². The molecule has 1 atom stereocenters. The number of aliphatic imine (C=N–C) groups is 1. The molecule has 2 aliphatic rings. The summed E-state index contributed by atoms with van der Waals surface area (Å²) in [4.78, 5) is 36.0. The molecule has 0 unspecified atom stereocenters. The molecule has 0 saturated carbocycles. The zero-order valence-corrected chi connectivity index (χ0v) is 18.1. The summed E-state index contributed by atoms with van der Waals surface area (Å²) in [5.41, 5.74) is 9.33. The Bertz CT molecular complexity index is 1030. The maximum Gasteiger partial charge on any atom is 0.270 e. The van der Waals surface area contributed by atoms with Crippen LogP contribution in [0.1, 0.15) is 72.8 Å². The summed E-state index contributed by atoms with van der Waals surface area (Å²) in [5, 5.41) is 3.10. The van der Waals surface area contributed by atoms with Crippen LogP contribution in [-0.4, -0.2) is 33.2 Å². The molecule has 0 bridgehead atoms. The Morgan fingerprint density at radius 2 is 2.03 bits per heavy atom. The summed E-state index contributed by atoms with van der Waals surface area (Å²) in [5.74, 6) is -0.0157. The van der Waals surface area contributed by atoms with Crippen molar-refractivity contribution in [3.05, 3.63) is 65.0 Å². The minimum Gasteiger partial charge on any atom is -0.369 e. The number of fused-ring (bicyclic) bond motifs is 1. The van der Waals surface area contributed by atoms with Crippen LogP contribution in [0, 0.1) is 0 Å². The molecule has 0 saturated heterocycles. The highest BCUT2D eigenvalue weighted by Gasteiger charge is 2.37. The lowest BCUT2D eigenvalue weighted by molar-refractivity contribution is -0.130. The molecule has 4 rings (SSSR count). The van der Waals surface area contributed by atoms with Gasteiger partial charge in [0.05, 0.1) is 24.5 Å². The fourth-order valence-corrected chi connectivity index (χ4v) is 4.49. The van der Waals surface area contributed by atoms with Crippen LogP contribution in [-0.2, 0) is 17.8 Å². The van der Waals surface area contributed by atoms with Gasteiger partial charge in [-0.05, 0) is 54.5 Å². The van der Waals surface area contributed by atoms with Crippen LogP contribution in [0.4, 0.5) is 0 Å². The zero-order chi connectivity index (χ0) is 22.0. The van der Waals surface area contributed by atoms with Gasteiger partial charge in [-0.15, -0.1) is 0 Å². The summed E-state index contributed by atoms with van der Waals surface area (Å²) < 4.78 is 0. The highest BCUT2D eigenvalue weighted by molar-refractivity contribution is 5.99. The molecule has 3 N–H and O–H groups in total. The topological polar surface area (TPSA) is 101 Å². The fraction of sp³-hybridized carbons (Fsp3) is 0.417. The third-order valence-corrected chi connectivity index (χ3v) is 6.56. The van der Waals surface area contributed by atoms with Crippen LogP contribution in [0.25, 0.3) is 0 Å². The summed E-state index contributed by atoms with van der Waals surface area (Å²) in [7, 11) is 0. The van der Waals surface area contributed by atoms with Crippen molar-refractivity contribution in [2.24, 2.45) is 10.7 Å². The first kappa shape index (κ1) is 21.0. The molecule has 31 heavy (non-hydrogen) atoms. The number of aryl methyl sites for hydroxylation is 1. The van der Waals surface area contributed by atoms with Crippen molar-refractivity contribution < 1.29 is 9.59 Å². The number of hydrogen-bond acceptors (Lipinski definition) is 5. The molecule has 7 nitrogen and oxygen atoms in total. The second-order valence-corrected chi connectivity index (χ2v) is 8.37. The third-order valence-electron chi connectivity index (χ3n) is 6.56. The molecule has 0 spiro atoms. The lowest BCUT2D eigenvalue weighted by Gasteiger charge is -2.36. The quantitative estimate of drug-likeness (QED) is 0.751. The summed E-state index contributed by atoms with van der Waals surface area (Å²) in [6.45, 7) is 4.33. The Hall–Kier alpha value is -3.22. The summed E-state index contributed by atoms with van der Waals surface area (Å²) >= 11 is 0. The number of pyridine rings is 1. The number of benzene rings is 1. The van der Waals surface area contributed by atoms with Gasteiger partial charge < -0.3 is 11.1 Å². The number of rotatable bonds is 6. The first-order chi connectivity index (χ1) is 14.9. The number of amides is 2. The highest BCUT2D eigenvalue weighted by atomic mass is 16.2. The molecule has 2 heterocycles. The number of nitrogens with one attached hydrogen (secondary N) is 1. The SMILES string of the molecule is CCC1(CC)CC(=O)N(Cc2ccnc(C(=O)N[C@H]3CCc4ccccc43)c2)C(N)=N1. The van der Waals surface area contributed by atoms with Crippen LogP contribution in [0.2, 0.25) is 0 Å². The number of aromatic nitrogens is 1. The zero-order valence-electron chi connectivity index (χ0n) is 18.1. The molecule has 1 aliphatic heterocycles. The minimum atomic E-state index is -0.404. The van der Waals surface area contributed by atoms with Crippen LogP contribution in [0.3, 0.4) is 0 Å². The van der Waals surface area contributed by atoms with E-state index in [1.165, 1.54) is 16.0 Å². The van der Waals surface area contributed by atoms with E-state index in [-0.39, 0.29) is 30.4 Å². The molecular weight excluding hydrogens is 390 g/mol. The van der Waals surface area contributed by atoms with Gasteiger partial charge in [0, 0.05) is 6.20 Å². The van der Waals surface area contributed by atoms with Gasteiger partial charge in [-0.3, -0.25) is 19.5 Å². The number of guanidine groups is 1. The van der Waals surface area contributed by atoms with Crippen LogP contribution < -0.4 is 11.1 Å². The maximum atomic E-state index is 12.8. The third kappa shape index (κ3) is 4.17. The van der Waals surface area contributed by atoms with Crippen molar-refractivity contribution in [2.45, 2.75) is 64.1 Å². The van der Waals surface area contributed by atoms with Gasteiger partial charge >= 0.3 is 0 Å². The molecule has 162 valence electrons. The molecule has 7 heteroatoms. The van der Waals surface area contributed by atoms with E-state index in [9.17, 15) is 9.59 Å². The second kappa shape index (κ2) is 8.49. The molecule has 2 amide bonds. The van der Waals surface area contributed by atoms with Crippen molar-refractivity contribution in [1.29, 1.82) is 0 Å². The van der Waals surface area contributed by atoms with Gasteiger partial charge in [0.25, 0.3) is 5.91 Å². The van der Waals surface area contributed by atoms with Gasteiger partial charge in [0.2, 0.25) is 5.91 Å². The fourth-order valence-electron chi connectivity index (χ4n) is 4.49. The molecular formula is C24H29N5O2. The largest absolute Gasteiger partial charge is 0.369 e. The standard InChI is InChI=1S/C24H29N5O2/c1-3-24(4-2)14-21(30)29(23(25)28-24)15-16-11-12-26-20(13-16)22(31)27-19-10-9-17-7-5-6-8-18(17)19/h5-8,11-13,19H,3-4,9-10,14-15H2,1-2H3,(H2,25,28)(H,27,31)/t19-/m0/s1. The van der Waals surface area contributed by atoms with Crippen molar-refractivity contribution >= 4 is 17.8 Å². The predicted molar refractivity (Wildman–Crippen MR) is 119 cm³/mol. The molecule has 1 aromatic heterocycles. The van der Waals surface area contributed by atoms with Crippen LogP contribution in [0.15, 0.2) is 47.6 Å². The van der Waals surface area contributed by atoms with E-state index in [1.54, 1.807) is 18.3 Å². The van der Waals surface area contributed by atoms with E-state index in [2.05, 4.69) is 27.4 Å². The molecule has 1 aliphatic carbocycles. The molecule has 1 aromatic carbocycles. The van der Waals surface area contributed by atoms with Crippen molar-refractivity contribution in [3.8, 4) is 0 Å². The normalized spacial score (nSPS) is 19.7. The summed E-state index contributed by atoms with van der Waals surface area (Å²) in [6.07, 6.45) is 5.33. The van der Waals surface area contributed by atoms with Gasteiger partial charge in [-0.1, -0.05) is 38.1 Å². The Morgan fingerprint density at radius 1 is 1.26 bits per heavy atom. The van der Waals surface area contributed by atoms with Crippen LogP contribution in [0.5, 0.6) is 0 Å². The van der Waals surface area contributed by atoms with Crippen molar-refractivity contribution in [1.82, 2.24) is 15.2 Å². The number of carbonyl (C=O) groups excluding carboxylic acids is 2. The Kier molecular flexibility index (Phi) is 5.76. The average Bonchev–Trinajstić information content (AvgIpc) is 3.19. The molecule has 0 fully saturated rings. The predicted octanol–water partition coefficient (Wildman–Crippen LogP) is 3.10. The van der Waals surface area contributed by atoms with Gasteiger partial charge in [-0.25, -0.2) is 4.99 Å². The lowest BCUT2D eigenvalue weighted by Crippen LogP contribution is -2.50. The number of nitrogens with zero attached hydrogens (tertiary/aromatic N) is 3. The number of carbonyl (C=O) groups is 2. The molecule has 2 aromatic rings. The first-order valence-electron chi connectivity index (χ1n) is 10.9. The Balaban J connectivity index is 1.48. The second-order valence-electron chi connectivity index (χ2n) is 8.37. The minimum absolute atomic E-state index is 0.00295. The van der Waals surface area contributed by atoms with Crippen molar-refractivity contribution in [2.75, 3.05) is 0 Å². The van der Waals surface area contributed by atoms with Gasteiger partial charge in [0.1, 0.15) is 5.69 Å². The van der Waals surface area contributed by atoms with E-state index in [4.69, 9.17) is 5.73 Å². The van der Waals surface area contributed by atoms with E-state index in [0.29, 0.717) is 12.1 Å². The smallest absolute Gasteiger partial charge is 0.270 e. The van der Waals surface area contributed by atoms with Gasteiger partial charge in [0.15, 0.2) is 5.96 Å². The van der Waals surface area contributed by atoms with Crippen LogP contribution >= 0.6 is 0 Å². The average molecular weight is 420 g/mol. The Morgan fingerprint density at radius 3 is 2.77 bits per heavy atom. The number of nitrogens with two attached hydrogens (primary N) is 1. The number of hydrogen-bond donors (Lipinski definition) is 2. The maximum absolute atomic E-state index is 12.8. The lowest BCUT2D eigenvalue weighted by atomic mass is 9.88. The van der Waals surface area contributed by atoms with Gasteiger partial charge in [-0.2, -0.15) is 0 Å². The highest BCUT2D eigenvalue weighted by Crippen LogP contribution is 2.31. The summed E-state index contributed by atoms with van der Waals surface area (Å²) in [6, 6.07) is 11.7. The van der Waals surface area contributed by atoms with E-state index in [0.717, 1.165) is 31.2 Å². The van der Waals surface area contributed by atoms with E-state index in [1.807, 2.05) is 26.0 Å². The van der Waals surface area contributed by atoms with E-state index >= 15 is 0 Å². The molecule has 0 radical (unpaired) electrons. The van der Waals surface area contributed by atoms with Crippen molar-refractivity contribution in [3.63, 3.8) is 0 Å².